The van der Waals surface area contributed by atoms with E-state index >= 15 is 0 Å². The molecule has 0 aromatic heterocycles. The number of rotatable bonds is 3. The number of likely N-dealkylation sites (tertiary alicyclic amines) is 1. The number of benzene rings is 1. The van der Waals surface area contributed by atoms with Crippen LogP contribution >= 0.6 is 0 Å². The van der Waals surface area contributed by atoms with Crippen molar-refractivity contribution in [1.29, 1.82) is 0 Å². The Morgan fingerprint density at radius 3 is 2.83 bits per heavy atom. The van der Waals surface area contributed by atoms with Crippen LogP contribution in [-0.2, 0) is 6.54 Å². The SMILES string of the molecule is CC1(O)CCN(Cc2cc(C(=O)O)ccc2F)C1. The first kappa shape index (κ1) is 13.0. The van der Waals surface area contributed by atoms with Gasteiger partial charge >= 0.3 is 5.97 Å². The Kier molecular flexibility index (Phi) is 3.36. The minimum atomic E-state index is -1.07. The zero-order valence-corrected chi connectivity index (χ0v) is 10.2. The molecule has 98 valence electrons. The highest BCUT2D eigenvalue weighted by molar-refractivity contribution is 5.87. The van der Waals surface area contributed by atoms with Crippen molar-refractivity contribution in [3.05, 3.63) is 35.1 Å². The predicted octanol–water partition coefficient (Wildman–Crippen LogP) is 1.48. The molecule has 5 heteroatoms. The number of hydrogen-bond donors (Lipinski definition) is 2. The molecule has 2 rings (SSSR count). The molecule has 2 N–H and O–H groups in total. The molecule has 1 atom stereocenters. The average molecular weight is 253 g/mol. The minimum Gasteiger partial charge on any atom is -0.478 e. The van der Waals surface area contributed by atoms with Gasteiger partial charge in [-0.25, -0.2) is 9.18 Å². The van der Waals surface area contributed by atoms with Crippen molar-refractivity contribution in [2.75, 3.05) is 13.1 Å². The highest BCUT2D eigenvalue weighted by Gasteiger charge is 2.31. The zero-order valence-electron chi connectivity index (χ0n) is 10.2. The summed E-state index contributed by atoms with van der Waals surface area (Å²) in [5.74, 6) is -1.48. The average Bonchev–Trinajstić information content (AvgIpc) is 2.61. The third-order valence-corrected chi connectivity index (χ3v) is 3.22. The first-order chi connectivity index (χ1) is 8.37. The number of β-amino-alcohol motifs (C(OH)–C–C–N with tert-alkyl or cyclic N) is 1. The molecule has 1 fully saturated rings. The van der Waals surface area contributed by atoms with Gasteiger partial charge in [-0.3, -0.25) is 4.90 Å². The molecule has 18 heavy (non-hydrogen) atoms. The zero-order chi connectivity index (χ0) is 13.3. The van der Waals surface area contributed by atoms with Gasteiger partial charge in [-0.2, -0.15) is 0 Å². The standard InChI is InChI=1S/C13H16FNO3/c1-13(18)4-5-15(8-13)7-10-6-9(12(16)17)2-3-11(10)14/h2-3,6,18H,4-5,7-8H2,1H3,(H,16,17). The predicted molar refractivity (Wildman–Crippen MR) is 63.9 cm³/mol. The summed E-state index contributed by atoms with van der Waals surface area (Å²) in [5.41, 5.74) is -0.300. The van der Waals surface area contributed by atoms with Crippen LogP contribution in [0.1, 0.15) is 29.3 Å². The van der Waals surface area contributed by atoms with E-state index in [1.165, 1.54) is 18.2 Å². The second kappa shape index (κ2) is 4.66. The number of nitrogens with zero attached hydrogens (tertiary/aromatic N) is 1. The molecule has 0 bridgehead atoms. The van der Waals surface area contributed by atoms with Crippen molar-refractivity contribution >= 4 is 5.97 Å². The number of aromatic carboxylic acids is 1. The van der Waals surface area contributed by atoms with E-state index in [0.29, 0.717) is 31.6 Å². The maximum atomic E-state index is 13.6. The summed E-state index contributed by atoms with van der Waals surface area (Å²) in [4.78, 5) is 12.7. The topological polar surface area (TPSA) is 60.8 Å². The fourth-order valence-electron chi connectivity index (χ4n) is 2.24. The Morgan fingerprint density at radius 2 is 2.28 bits per heavy atom. The van der Waals surface area contributed by atoms with Crippen molar-refractivity contribution in [1.82, 2.24) is 4.90 Å². The van der Waals surface area contributed by atoms with Crippen LogP contribution < -0.4 is 0 Å². The molecule has 1 unspecified atom stereocenters. The van der Waals surface area contributed by atoms with Crippen LogP contribution in [0.15, 0.2) is 18.2 Å². The third kappa shape index (κ3) is 2.86. The number of aliphatic hydroxyl groups is 1. The minimum absolute atomic E-state index is 0.0809. The Hall–Kier alpha value is -1.46. The Morgan fingerprint density at radius 1 is 1.56 bits per heavy atom. The Bertz CT molecular complexity index is 473. The molecule has 1 heterocycles. The molecule has 0 aliphatic carbocycles. The molecule has 1 aliphatic heterocycles. The molecule has 0 saturated carbocycles. The van der Waals surface area contributed by atoms with E-state index in [2.05, 4.69) is 0 Å². The second-order valence-electron chi connectivity index (χ2n) is 5.07. The molecular weight excluding hydrogens is 237 g/mol. The summed E-state index contributed by atoms with van der Waals surface area (Å²) in [6.07, 6.45) is 0.646. The van der Waals surface area contributed by atoms with Gasteiger partial charge in [-0.05, 0) is 31.5 Å². The van der Waals surface area contributed by atoms with Crippen LogP contribution in [0.5, 0.6) is 0 Å². The highest BCUT2D eigenvalue weighted by Crippen LogP contribution is 2.23. The van der Waals surface area contributed by atoms with E-state index in [4.69, 9.17) is 5.11 Å². The van der Waals surface area contributed by atoms with Crippen molar-refractivity contribution in [2.45, 2.75) is 25.5 Å². The van der Waals surface area contributed by atoms with Gasteiger partial charge in [0, 0.05) is 25.2 Å². The van der Waals surface area contributed by atoms with Crippen molar-refractivity contribution in [3.63, 3.8) is 0 Å². The van der Waals surface area contributed by atoms with E-state index in [1.807, 2.05) is 4.90 Å². The number of halogens is 1. The van der Waals surface area contributed by atoms with Crippen LogP contribution in [0.3, 0.4) is 0 Å². The van der Waals surface area contributed by atoms with Crippen molar-refractivity contribution < 1.29 is 19.4 Å². The lowest BCUT2D eigenvalue weighted by molar-refractivity contribution is 0.0671. The fraction of sp³-hybridized carbons (Fsp3) is 0.462. The van der Waals surface area contributed by atoms with Gasteiger partial charge in [0.1, 0.15) is 5.82 Å². The van der Waals surface area contributed by atoms with E-state index < -0.39 is 17.4 Å². The number of carboxylic acid groups (broad SMARTS) is 1. The fourth-order valence-corrected chi connectivity index (χ4v) is 2.24. The molecule has 0 spiro atoms. The van der Waals surface area contributed by atoms with Gasteiger partial charge in [0.2, 0.25) is 0 Å². The van der Waals surface area contributed by atoms with Gasteiger partial charge in [0.05, 0.1) is 11.2 Å². The Balaban J connectivity index is 2.14. The van der Waals surface area contributed by atoms with Crippen molar-refractivity contribution in [2.24, 2.45) is 0 Å². The molecule has 1 saturated heterocycles. The summed E-state index contributed by atoms with van der Waals surface area (Å²) >= 11 is 0. The smallest absolute Gasteiger partial charge is 0.335 e. The van der Waals surface area contributed by atoms with E-state index in [9.17, 15) is 14.3 Å². The summed E-state index contributed by atoms with van der Waals surface area (Å²) in [6.45, 7) is 3.23. The lowest BCUT2D eigenvalue weighted by atomic mass is 10.1. The van der Waals surface area contributed by atoms with Crippen molar-refractivity contribution in [3.8, 4) is 0 Å². The van der Waals surface area contributed by atoms with Crippen LogP contribution in [0, 0.1) is 5.82 Å². The number of hydrogen-bond acceptors (Lipinski definition) is 3. The first-order valence-electron chi connectivity index (χ1n) is 5.84. The molecule has 1 aromatic carbocycles. The highest BCUT2D eigenvalue weighted by atomic mass is 19.1. The summed E-state index contributed by atoms with van der Waals surface area (Å²) < 4.78 is 13.6. The normalized spacial score (nSPS) is 24.4. The van der Waals surface area contributed by atoms with Gasteiger partial charge in [-0.15, -0.1) is 0 Å². The van der Waals surface area contributed by atoms with E-state index in [-0.39, 0.29) is 5.56 Å². The summed E-state index contributed by atoms with van der Waals surface area (Å²) in [6, 6.07) is 3.78. The molecule has 0 amide bonds. The monoisotopic (exact) mass is 253 g/mol. The first-order valence-corrected chi connectivity index (χ1v) is 5.84. The maximum Gasteiger partial charge on any atom is 0.335 e. The van der Waals surface area contributed by atoms with E-state index in [0.717, 1.165) is 0 Å². The van der Waals surface area contributed by atoms with Crippen LogP contribution in [-0.4, -0.2) is 39.8 Å². The van der Waals surface area contributed by atoms with Gasteiger partial charge in [-0.1, -0.05) is 0 Å². The van der Waals surface area contributed by atoms with Crippen LogP contribution in [0.25, 0.3) is 0 Å². The molecule has 1 aliphatic rings. The maximum absolute atomic E-state index is 13.6. The van der Waals surface area contributed by atoms with Crippen LogP contribution in [0.4, 0.5) is 4.39 Å². The van der Waals surface area contributed by atoms with Gasteiger partial charge in [0.25, 0.3) is 0 Å². The quantitative estimate of drug-likeness (QED) is 0.856. The molecule has 0 radical (unpaired) electrons. The lowest BCUT2D eigenvalue weighted by Crippen LogP contribution is -2.29. The number of carboxylic acids is 1. The van der Waals surface area contributed by atoms with E-state index in [1.54, 1.807) is 6.92 Å². The largest absolute Gasteiger partial charge is 0.478 e. The molecule has 1 aromatic rings. The third-order valence-electron chi connectivity index (χ3n) is 3.22. The second-order valence-corrected chi connectivity index (χ2v) is 5.07. The summed E-state index contributed by atoms with van der Waals surface area (Å²) in [5, 5.41) is 18.7. The Labute approximate surface area is 105 Å². The van der Waals surface area contributed by atoms with Crippen LogP contribution in [0.2, 0.25) is 0 Å². The van der Waals surface area contributed by atoms with Gasteiger partial charge in [0.15, 0.2) is 0 Å². The number of carbonyl (C=O) groups is 1. The summed E-state index contributed by atoms with van der Waals surface area (Å²) in [7, 11) is 0. The lowest BCUT2D eigenvalue weighted by Gasteiger charge is -2.19. The van der Waals surface area contributed by atoms with Gasteiger partial charge < -0.3 is 10.2 Å². The molecular formula is C13H16FNO3. The molecule has 4 nitrogen and oxygen atoms in total.